The van der Waals surface area contributed by atoms with Crippen LogP contribution in [0.5, 0.6) is 0 Å². The van der Waals surface area contributed by atoms with Crippen LogP contribution in [0.1, 0.15) is 11.4 Å². The summed E-state index contributed by atoms with van der Waals surface area (Å²) in [6.07, 6.45) is 0. The highest BCUT2D eigenvalue weighted by Crippen LogP contribution is 2.28. The Morgan fingerprint density at radius 2 is 1.36 bits per heavy atom. The van der Waals surface area contributed by atoms with E-state index in [-0.39, 0.29) is 12.4 Å². The molecule has 0 radical (unpaired) electrons. The largest absolute Gasteiger partial charge is 0.257 e. The lowest BCUT2D eigenvalue weighted by molar-refractivity contribution is 1.20. The fourth-order valence-electron chi connectivity index (χ4n) is 1.56. The van der Waals surface area contributed by atoms with E-state index in [1.165, 1.54) is 11.1 Å². The van der Waals surface area contributed by atoms with E-state index in [1.54, 1.807) is 0 Å². The van der Waals surface area contributed by atoms with E-state index in [0.717, 1.165) is 16.4 Å². The van der Waals surface area contributed by atoms with Crippen molar-refractivity contribution in [2.45, 2.75) is 13.8 Å². The second-order valence-electron chi connectivity index (χ2n) is 3.16. The normalized spacial score (nSPS) is 9.93. The van der Waals surface area contributed by atoms with E-state index >= 15 is 0 Å². The summed E-state index contributed by atoms with van der Waals surface area (Å²) in [5.41, 5.74) is 4.51. The van der Waals surface area contributed by atoms with Crippen molar-refractivity contribution in [3.8, 4) is 11.1 Å². The first-order chi connectivity index (χ1) is 6.18. The zero-order valence-corrected chi connectivity index (χ0v) is 9.62. The molecule has 1 aliphatic carbocycles. The molecule has 0 N–H and O–H groups in total. The van der Waals surface area contributed by atoms with Gasteiger partial charge in [0.1, 0.15) is 0 Å². The molecule has 0 unspecified atom stereocenters. The Morgan fingerprint density at radius 3 is 1.79 bits per heavy atom. The van der Waals surface area contributed by atoms with E-state index in [1.807, 2.05) is 38.1 Å². The van der Waals surface area contributed by atoms with Crippen LogP contribution in [0, 0.1) is 13.8 Å². The number of hydrogen-bond donors (Lipinski definition) is 0. The average Bonchev–Trinajstić information content (AvgIpc) is 2.27. The van der Waals surface area contributed by atoms with Crippen LogP contribution in [0.4, 0.5) is 0 Å². The molecule has 2 rings (SSSR count). The van der Waals surface area contributed by atoms with Crippen molar-refractivity contribution in [3.05, 3.63) is 40.7 Å². The van der Waals surface area contributed by atoms with Crippen molar-refractivity contribution in [1.29, 1.82) is 0 Å². The number of nitrogens with zero attached hydrogens (tertiary/aromatic N) is 1. The molecule has 2 aliphatic rings. The van der Waals surface area contributed by atoms with Gasteiger partial charge in [0.25, 0.3) is 0 Å². The van der Waals surface area contributed by atoms with Gasteiger partial charge >= 0.3 is 0 Å². The highest BCUT2D eigenvalue weighted by molar-refractivity contribution is 6.30. The molecule has 0 fully saturated rings. The highest BCUT2D eigenvalue weighted by Gasteiger charge is 2.09. The molecule has 0 spiro atoms. The minimum absolute atomic E-state index is 0. The number of aryl methyl sites for hydroxylation is 2. The quantitative estimate of drug-likeness (QED) is 0.666. The van der Waals surface area contributed by atoms with Crippen molar-refractivity contribution in [2.24, 2.45) is 0 Å². The Hall–Kier alpha value is -0.790. The van der Waals surface area contributed by atoms with Gasteiger partial charge in [-0.3, -0.25) is 4.98 Å². The molecule has 0 atom stereocenters. The third-order valence-electron chi connectivity index (χ3n) is 2.22. The highest BCUT2D eigenvalue weighted by atomic mass is 35.5. The minimum Gasteiger partial charge on any atom is -0.257 e. The molecule has 1 heterocycles. The van der Waals surface area contributed by atoms with Crippen molar-refractivity contribution < 1.29 is 0 Å². The van der Waals surface area contributed by atoms with Crippen LogP contribution < -0.4 is 0 Å². The van der Waals surface area contributed by atoms with Crippen LogP contribution in [0.3, 0.4) is 0 Å². The summed E-state index contributed by atoms with van der Waals surface area (Å²) in [4.78, 5) is 4.40. The van der Waals surface area contributed by atoms with Gasteiger partial charge in [0.05, 0.1) is 0 Å². The molecule has 1 aliphatic heterocycles. The van der Waals surface area contributed by atoms with E-state index in [0.29, 0.717) is 0 Å². The Balaban J connectivity index is 0.000000980. The molecule has 1 nitrogen and oxygen atoms in total. The van der Waals surface area contributed by atoms with Crippen LogP contribution in [0.25, 0.3) is 11.1 Å². The first kappa shape index (κ1) is 11.3. The van der Waals surface area contributed by atoms with E-state index in [4.69, 9.17) is 11.6 Å². The molecule has 14 heavy (non-hydrogen) atoms. The number of fused-ring (bicyclic) bond motifs is 1. The van der Waals surface area contributed by atoms with Crippen LogP contribution >= 0.6 is 24.0 Å². The van der Waals surface area contributed by atoms with Gasteiger partial charge in [-0.15, -0.1) is 12.4 Å². The van der Waals surface area contributed by atoms with Gasteiger partial charge in [-0.1, -0.05) is 23.7 Å². The lowest BCUT2D eigenvalue weighted by Gasteiger charge is -1.91. The average molecular weight is 228 g/mol. The van der Waals surface area contributed by atoms with Gasteiger partial charge in [0.2, 0.25) is 0 Å². The fourth-order valence-corrected chi connectivity index (χ4v) is 1.69. The van der Waals surface area contributed by atoms with Crippen molar-refractivity contribution in [1.82, 2.24) is 4.98 Å². The smallest absolute Gasteiger partial charge is 0.0455 e. The van der Waals surface area contributed by atoms with Crippen LogP contribution in [-0.2, 0) is 0 Å². The number of halogens is 2. The zero-order valence-electron chi connectivity index (χ0n) is 8.04. The Kier molecular flexibility index (Phi) is 3.35. The summed E-state index contributed by atoms with van der Waals surface area (Å²) in [7, 11) is 0. The summed E-state index contributed by atoms with van der Waals surface area (Å²) in [6, 6.07) is 7.84. The lowest BCUT2D eigenvalue weighted by atomic mass is 10.1. The molecular weight excluding hydrogens is 217 g/mol. The molecule has 74 valence electrons. The summed E-state index contributed by atoms with van der Waals surface area (Å²) >= 11 is 5.90. The first-order valence-electron chi connectivity index (χ1n) is 4.21. The van der Waals surface area contributed by atoms with Gasteiger partial charge < -0.3 is 0 Å². The number of rotatable bonds is 0. The lowest BCUT2D eigenvalue weighted by Crippen LogP contribution is -1.70. The van der Waals surface area contributed by atoms with Gasteiger partial charge in [0.15, 0.2) is 0 Å². The second kappa shape index (κ2) is 4.16. The monoisotopic (exact) mass is 227 g/mol. The standard InChI is InChI=1S/C11H10ClN.ClH/c1-7-10-5-3-9(12)4-6-11(10)8(2)13-7;/h3-6H,1-2H3;1H. The topological polar surface area (TPSA) is 12.9 Å². The first-order valence-corrected chi connectivity index (χ1v) is 4.59. The maximum atomic E-state index is 5.90. The van der Waals surface area contributed by atoms with Crippen molar-refractivity contribution in [2.75, 3.05) is 0 Å². The zero-order chi connectivity index (χ0) is 9.42. The number of hydrogen-bond acceptors (Lipinski definition) is 1. The van der Waals surface area contributed by atoms with Gasteiger partial charge in [0, 0.05) is 27.5 Å². The molecule has 0 amide bonds. The predicted molar refractivity (Wildman–Crippen MR) is 62.6 cm³/mol. The summed E-state index contributed by atoms with van der Waals surface area (Å²) in [5, 5.41) is 0.759. The molecule has 0 aromatic heterocycles. The molecular formula is C11H11Cl2N. The van der Waals surface area contributed by atoms with E-state index < -0.39 is 0 Å². The van der Waals surface area contributed by atoms with Crippen molar-refractivity contribution >= 4 is 24.0 Å². The molecule has 3 heteroatoms. The SMILES string of the molecule is Cc1nc(C)c2ccc(Cl)ccc1-2.Cl. The molecule has 0 saturated carbocycles. The third kappa shape index (κ3) is 1.84. The fraction of sp³-hybridized carbons (Fsp3) is 0.182. The Labute approximate surface area is 94.9 Å². The van der Waals surface area contributed by atoms with E-state index in [2.05, 4.69) is 4.98 Å². The van der Waals surface area contributed by atoms with Crippen molar-refractivity contribution in [3.63, 3.8) is 0 Å². The molecule has 0 aromatic carbocycles. The number of aromatic nitrogens is 1. The molecule has 0 aromatic rings. The van der Waals surface area contributed by atoms with Crippen LogP contribution in [-0.4, -0.2) is 4.98 Å². The predicted octanol–water partition coefficient (Wildman–Crippen LogP) is 3.88. The Bertz CT molecular complexity index is 389. The van der Waals surface area contributed by atoms with Gasteiger partial charge in [-0.2, -0.15) is 0 Å². The van der Waals surface area contributed by atoms with Crippen LogP contribution in [0.15, 0.2) is 24.3 Å². The maximum absolute atomic E-state index is 5.90. The molecule has 0 bridgehead atoms. The minimum atomic E-state index is 0. The van der Waals surface area contributed by atoms with Crippen LogP contribution in [0.2, 0.25) is 5.02 Å². The molecule has 0 saturated heterocycles. The third-order valence-corrected chi connectivity index (χ3v) is 2.48. The van der Waals surface area contributed by atoms with Gasteiger partial charge in [-0.05, 0) is 26.0 Å². The Morgan fingerprint density at radius 1 is 0.929 bits per heavy atom. The second-order valence-corrected chi connectivity index (χ2v) is 3.60. The van der Waals surface area contributed by atoms with E-state index in [9.17, 15) is 0 Å². The summed E-state index contributed by atoms with van der Waals surface area (Å²) in [6.45, 7) is 4.03. The summed E-state index contributed by atoms with van der Waals surface area (Å²) < 4.78 is 0. The maximum Gasteiger partial charge on any atom is 0.0455 e. The summed E-state index contributed by atoms with van der Waals surface area (Å²) in [5.74, 6) is 0. The van der Waals surface area contributed by atoms with Gasteiger partial charge in [-0.25, -0.2) is 0 Å².